The van der Waals surface area contributed by atoms with Gasteiger partial charge < -0.3 is 19.4 Å². The zero-order chi connectivity index (χ0) is 29.3. The number of ether oxygens (including phenoxy) is 2. The molecule has 2 aliphatic rings. The minimum absolute atomic E-state index is 0.0847. The fraction of sp³-hybridized carbons (Fsp3) is 0.375. The predicted octanol–water partition coefficient (Wildman–Crippen LogP) is 6.33. The zero-order valence-electron chi connectivity index (χ0n) is 24.0. The number of hydrogen-bond acceptors (Lipinski definition) is 7. The molecule has 1 saturated carbocycles. The molecule has 2 N–H and O–H groups in total. The summed E-state index contributed by atoms with van der Waals surface area (Å²) in [7, 11) is 0. The van der Waals surface area contributed by atoms with Crippen LogP contribution in [0.2, 0.25) is 5.28 Å². The number of nitrogens with zero attached hydrogens (tertiary/aromatic N) is 4. The van der Waals surface area contributed by atoms with E-state index in [1.807, 2.05) is 16.7 Å². The zero-order valence-corrected chi connectivity index (χ0v) is 24.8. The molecule has 218 valence electrons. The van der Waals surface area contributed by atoms with Crippen LogP contribution in [0.15, 0.2) is 79.1 Å². The van der Waals surface area contributed by atoms with E-state index < -0.39 is 11.8 Å². The van der Waals surface area contributed by atoms with E-state index in [0.29, 0.717) is 35.8 Å². The minimum atomic E-state index is -0.690. The van der Waals surface area contributed by atoms with Crippen molar-refractivity contribution in [3.8, 4) is 0 Å². The number of aromatic nitrogens is 4. The number of benzene rings is 2. The molecule has 1 amide bonds. The fourth-order valence-electron chi connectivity index (χ4n) is 6.43. The summed E-state index contributed by atoms with van der Waals surface area (Å²) in [5.74, 6) is 0.814. The first-order valence-corrected chi connectivity index (χ1v) is 14.8. The van der Waals surface area contributed by atoms with Crippen LogP contribution in [0.1, 0.15) is 63.5 Å². The third-order valence-electron chi connectivity index (χ3n) is 8.71. The van der Waals surface area contributed by atoms with E-state index in [1.54, 1.807) is 13.3 Å². The maximum Gasteiger partial charge on any atom is 0.266 e. The molecule has 42 heavy (non-hydrogen) atoms. The molecule has 0 radical (unpaired) electrons. The number of carbonyl (C=O) groups is 1. The second kappa shape index (κ2) is 11.3. The van der Waals surface area contributed by atoms with Crippen molar-refractivity contribution in [2.75, 3.05) is 11.9 Å². The second-order valence-corrected chi connectivity index (χ2v) is 11.9. The Labute approximate surface area is 250 Å². The maximum absolute atomic E-state index is 12.0. The maximum atomic E-state index is 12.0. The van der Waals surface area contributed by atoms with Crippen molar-refractivity contribution in [1.82, 2.24) is 24.8 Å². The SMILES string of the molecule is CCC(=O)NC1=COC(C2(n3cnc4c(NCC(c5ccccc5)c5ccccc5)nc(Cl)nc43)CCCC2(C)C)O1. The molecule has 2 unspecified atom stereocenters. The van der Waals surface area contributed by atoms with E-state index in [2.05, 4.69) is 83.0 Å². The summed E-state index contributed by atoms with van der Waals surface area (Å²) in [6, 6.07) is 20.8. The van der Waals surface area contributed by atoms with E-state index in [4.69, 9.17) is 26.1 Å². The fourth-order valence-corrected chi connectivity index (χ4v) is 6.59. The second-order valence-electron chi connectivity index (χ2n) is 11.5. The van der Waals surface area contributed by atoms with Crippen LogP contribution in [0, 0.1) is 5.41 Å². The molecule has 6 rings (SSSR count). The minimum Gasteiger partial charge on any atom is -0.454 e. The Morgan fingerprint density at radius 2 is 1.76 bits per heavy atom. The molecule has 0 spiro atoms. The van der Waals surface area contributed by atoms with Gasteiger partial charge in [-0.1, -0.05) is 87.9 Å². The van der Waals surface area contributed by atoms with Crippen molar-refractivity contribution in [3.63, 3.8) is 0 Å². The smallest absolute Gasteiger partial charge is 0.266 e. The summed E-state index contributed by atoms with van der Waals surface area (Å²) >= 11 is 6.56. The number of carbonyl (C=O) groups excluding carboxylic acids is 1. The number of rotatable bonds is 9. The lowest BCUT2D eigenvalue weighted by Gasteiger charge is -2.44. The highest BCUT2D eigenvalue weighted by Gasteiger charge is 2.59. The van der Waals surface area contributed by atoms with Crippen molar-refractivity contribution in [3.05, 3.63) is 95.5 Å². The Morgan fingerprint density at radius 3 is 2.38 bits per heavy atom. The summed E-state index contributed by atoms with van der Waals surface area (Å²) in [5, 5.41) is 6.43. The first-order valence-electron chi connectivity index (χ1n) is 14.4. The van der Waals surface area contributed by atoms with Gasteiger partial charge in [-0.3, -0.25) is 10.1 Å². The van der Waals surface area contributed by atoms with Gasteiger partial charge in [0, 0.05) is 18.9 Å². The van der Waals surface area contributed by atoms with Crippen LogP contribution in [0.4, 0.5) is 5.82 Å². The molecule has 1 aliphatic carbocycles. The molecule has 2 aromatic carbocycles. The molecular weight excluding hydrogens is 552 g/mol. The number of imidazole rings is 1. The molecule has 10 heteroatoms. The predicted molar refractivity (Wildman–Crippen MR) is 162 cm³/mol. The van der Waals surface area contributed by atoms with E-state index in [0.717, 1.165) is 19.3 Å². The Morgan fingerprint density at radius 1 is 1.07 bits per heavy atom. The topological polar surface area (TPSA) is 103 Å². The normalized spacial score (nSPS) is 21.2. The molecule has 1 fully saturated rings. The van der Waals surface area contributed by atoms with Gasteiger partial charge in [0.1, 0.15) is 11.8 Å². The Kier molecular flexibility index (Phi) is 7.53. The van der Waals surface area contributed by atoms with Gasteiger partial charge in [0.2, 0.25) is 17.1 Å². The largest absolute Gasteiger partial charge is 0.454 e. The summed E-state index contributed by atoms with van der Waals surface area (Å²) in [5.41, 5.74) is 2.69. The monoisotopic (exact) mass is 586 g/mol. The van der Waals surface area contributed by atoms with Gasteiger partial charge in [-0.2, -0.15) is 9.97 Å². The highest BCUT2D eigenvalue weighted by molar-refractivity contribution is 6.28. The lowest BCUT2D eigenvalue weighted by Crippen LogP contribution is -2.53. The van der Waals surface area contributed by atoms with Crippen molar-refractivity contribution >= 4 is 34.5 Å². The summed E-state index contributed by atoms with van der Waals surface area (Å²) in [4.78, 5) is 26.1. The standard InChI is InChI=1S/C32H35ClN6O3/c1-4-24(40)36-25-19-41-29(42-25)32(17-11-16-31(32,2)3)39-20-35-26-27(37-30(33)38-28(26)39)34-18-23(21-12-7-5-8-13-21)22-14-9-6-10-15-22/h5-10,12-15,19-20,23,29H,4,11,16-18H2,1-3H3,(H,36,40)(H,34,37,38). The first kappa shape index (κ1) is 28.0. The van der Waals surface area contributed by atoms with Gasteiger partial charge in [-0.15, -0.1) is 0 Å². The molecule has 3 heterocycles. The van der Waals surface area contributed by atoms with Crippen molar-refractivity contribution in [1.29, 1.82) is 0 Å². The van der Waals surface area contributed by atoms with Gasteiger partial charge in [0.15, 0.2) is 17.0 Å². The molecular formula is C32H35ClN6O3. The molecule has 0 saturated heterocycles. The van der Waals surface area contributed by atoms with Crippen LogP contribution in [-0.2, 0) is 19.8 Å². The quantitative estimate of drug-likeness (QED) is 0.221. The van der Waals surface area contributed by atoms with Crippen LogP contribution in [0.25, 0.3) is 11.2 Å². The molecule has 9 nitrogen and oxygen atoms in total. The highest BCUT2D eigenvalue weighted by Crippen LogP contribution is 2.56. The molecule has 1 aliphatic heterocycles. The third kappa shape index (κ3) is 4.96. The van der Waals surface area contributed by atoms with Crippen LogP contribution in [0.3, 0.4) is 0 Å². The lowest BCUT2D eigenvalue weighted by atomic mass is 9.74. The average molecular weight is 587 g/mol. The number of halogens is 1. The van der Waals surface area contributed by atoms with Crippen LogP contribution in [-0.4, -0.2) is 38.3 Å². The van der Waals surface area contributed by atoms with Crippen molar-refractivity contribution in [2.24, 2.45) is 5.41 Å². The van der Waals surface area contributed by atoms with Gasteiger partial charge >= 0.3 is 0 Å². The average Bonchev–Trinajstić information content (AvgIpc) is 3.71. The van der Waals surface area contributed by atoms with Gasteiger partial charge in [-0.25, -0.2) is 4.98 Å². The Hall–Kier alpha value is -4.11. The van der Waals surface area contributed by atoms with E-state index in [-0.39, 0.29) is 22.5 Å². The summed E-state index contributed by atoms with van der Waals surface area (Å²) in [6.07, 6.45) is 5.61. The summed E-state index contributed by atoms with van der Waals surface area (Å²) < 4.78 is 14.4. The third-order valence-corrected chi connectivity index (χ3v) is 8.88. The van der Waals surface area contributed by atoms with Crippen molar-refractivity contribution in [2.45, 2.75) is 64.2 Å². The number of hydrogen-bond donors (Lipinski definition) is 2. The van der Waals surface area contributed by atoms with Gasteiger partial charge in [0.05, 0.1) is 6.33 Å². The van der Waals surface area contributed by atoms with Crippen LogP contribution >= 0.6 is 11.6 Å². The summed E-state index contributed by atoms with van der Waals surface area (Å²) in [6.45, 7) is 6.78. The van der Waals surface area contributed by atoms with Gasteiger partial charge in [0.25, 0.3) is 6.29 Å². The first-order chi connectivity index (χ1) is 20.3. The Balaban J connectivity index is 1.36. The molecule has 4 aromatic rings. The molecule has 2 atom stereocenters. The highest BCUT2D eigenvalue weighted by atomic mass is 35.5. The Bertz CT molecular complexity index is 1570. The number of anilines is 1. The number of nitrogens with one attached hydrogen (secondary N) is 2. The van der Waals surface area contributed by atoms with E-state index in [1.165, 1.54) is 17.4 Å². The molecule has 0 bridgehead atoms. The molecule has 2 aromatic heterocycles. The van der Waals surface area contributed by atoms with Crippen LogP contribution < -0.4 is 10.6 Å². The number of fused-ring (bicyclic) bond motifs is 1. The van der Waals surface area contributed by atoms with E-state index in [9.17, 15) is 4.79 Å². The van der Waals surface area contributed by atoms with Gasteiger partial charge in [-0.05, 0) is 41.0 Å². The lowest BCUT2D eigenvalue weighted by molar-refractivity contribution is -0.152. The number of amides is 1. The van der Waals surface area contributed by atoms with Crippen LogP contribution in [0.5, 0.6) is 0 Å². The van der Waals surface area contributed by atoms with Crippen molar-refractivity contribution < 1.29 is 14.3 Å². The van der Waals surface area contributed by atoms with E-state index >= 15 is 0 Å².